The van der Waals surface area contributed by atoms with Crippen LogP contribution in [0.25, 0.3) is 0 Å². The highest BCUT2D eigenvalue weighted by Gasteiger charge is 2.13. The van der Waals surface area contributed by atoms with Crippen molar-refractivity contribution in [1.82, 2.24) is 0 Å². The molecule has 4 nitrogen and oxygen atoms in total. The maximum absolute atomic E-state index is 11.1. The summed E-state index contributed by atoms with van der Waals surface area (Å²) in [5.74, 6) is 1.67. The van der Waals surface area contributed by atoms with Crippen molar-refractivity contribution in [2.45, 2.75) is 33.7 Å². The van der Waals surface area contributed by atoms with Crippen LogP contribution in [0, 0.1) is 13.8 Å². The van der Waals surface area contributed by atoms with E-state index < -0.39 is 0 Å². The third kappa shape index (κ3) is 3.79. The summed E-state index contributed by atoms with van der Waals surface area (Å²) in [7, 11) is 0. The van der Waals surface area contributed by atoms with Gasteiger partial charge >= 0.3 is 0 Å². The van der Waals surface area contributed by atoms with Gasteiger partial charge in [0.15, 0.2) is 0 Å². The Morgan fingerprint density at radius 2 is 2.00 bits per heavy atom. The summed E-state index contributed by atoms with van der Waals surface area (Å²) >= 11 is 6.17. The zero-order chi connectivity index (χ0) is 15.6. The molecule has 1 unspecified atom stereocenters. The van der Waals surface area contributed by atoms with Crippen LogP contribution in [0.4, 0.5) is 11.4 Å². The lowest BCUT2D eigenvalue weighted by molar-refractivity contribution is -0.114. The molecule has 5 heteroatoms. The van der Waals surface area contributed by atoms with E-state index in [1.165, 1.54) is 6.92 Å². The number of carbonyl (C=O) groups is 1. The molecule has 0 aliphatic rings. The second-order valence-electron chi connectivity index (χ2n) is 5.11. The highest BCUT2D eigenvalue weighted by Crippen LogP contribution is 2.29. The highest BCUT2D eigenvalue weighted by molar-refractivity contribution is 6.34. The van der Waals surface area contributed by atoms with Crippen LogP contribution in [0.3, 0.4) is 0 Å². The lowest BCUT2D eigenvalue weighted by atomic mass is 10.1. The van der Waals surface area contributed by atoms with Crippen LogP contribution in [0.5, 0.6) is 0 Å². The third-order valence-corrected chi connectivity index (χ3v) is 3.52. The van der Waals surface area contributed by atoms with E-state index in [2.05, 4.69) is 17.6 Å². The van der Waals surface area contributed by atoms with E-state index in [1.54, 1.807) is 12.1 Å². The quantitative estimate of drug-likeness (QED) is 0.862. The number of aryl methyl sites for hydroxylation is 2. The van der Waals surface area contributed by atoms with Crippen LogP contribution in [0.1, 0.15) is 37.0 Å². The van der Waals surface area contributed by atoms with Crippen LogP contribution < -0.4 is 10.6 Å². The number of amides is 1. The summed E-state index contributed by atoms with van der Waals surface area (Å²) in [6.07, 6.45) is 0. The number of benzene rings is 1. The minimum Gasteiger partial charge on any atom is -0.466 e. The molecule has 2 N–H and O–H groups in total. The monoisotopic (exact) mass is 306 g/mol. The molecule has 0 saturated heterocycles. The molecule has 0 aliphatic carbocycles. The lowest BCUT2D eigenvalue weighted by Crippen LogP contribution is -2.08. The van der Waals surface area contributed by atoms with Crippen molar-refractivity contribution in [3.63, 3.8) is 0 Å². The van der Waals surface area contributed by atoms with Crippen molar-refractivity contribution in [3.8, 4) is 0 Å². The predicted molar refractivity (Wildman–Crippen MR) is 86.0 cm³/mol. The van der Waals surface area contributed by atoms with Gasteiger partial charge in [0, 0.05) is 18.2 Å². The minimum atomic E-state index is -0.143. The van der Waals surface area contributed by atoms with Crippen molar-refractivity contribution in [1.29, 1.82) is 0 Å². The number of furan rings is 1. The number of carbonyl (C=O) groups excluding carboxylic acids is 1. The fourth-order valence-corrected chi connectivity index (χ4v) is 2.53. The molecule has 0 spiro atoms. The number of hydrogen-bond donors (Lipinski definition) is 2. The standard InChI is InChI=1S/C16H19ClN2O2/c1-9-7-14(11(3)21-9)10(2)18-13-5-6-16(15(17)8-13)19-12(4)20/h5-8,10,18H,1-4H3,(H,19,20). The maximum atomic E-state index is 11.1. The Bertz CT molecular complexity index is 664. The first-order valence-electron chi connectivity index (χ1n) is 6.77. The largest absolute Gasteiger partial charge is 0.466 e. The zero-order valence-corrected chi connectivity index (χ0v) is 13.3. The van der Waals surface area contributed by atoms with Crippen LogP contribution in [0.15, 0.2) is 28.7 Å². The Labute approximate surface area is 129 Å². The minimum absolute atomic E-state index is 0.102. The summed E-state index contributed by atoms with van der Waals surface area (Å²) in [6.45, 7) is 7.40. The van der Waals surface area contributed by atoms with Gasteiger partial charge < -0.3 is 15.1 Å². The van der Waals surface area contributed by atoms with Gasteiger partial charge in [-0.2, -0.15) is 0 Å². The molecule has 1 atom stereocenters. The number of rotatable bonds is 4. The molecule has 0 bridgehead atoms. The Morgan fingerprint density at radius 1 is 1.29 bits per heavy atom. The first-order valence-corrected chi connectivity index (χ1v) is 7.15. The summed E-state index contributed by atoms with van der Waals surface area (Å²) in [5, 5.41) is 6.56. The first-order chi connectivity index (χ1) is 9.86. The van der Waals surface area contributed by atoms with Gasteiger partial charge in [0.1, 0.15) is 11.5 Å². The Balaban J connectivity index is 2.14. The number of anilines is 2. The fourth-order valence-electron chi connectivity index (χ4n) is 2.30. The van der Waals surface area contributed by atoms with Gasteiger partial charge in [0.2, 0.25) is 5.91 Å². The number of halogens is 1. The second kappa shape index (κ2) is 6.22. The molecule has 112 valence electrons. The van der Waals surface area contributed by atoms with Gasteiger partial charge in [0.25, 0.3) is 0 Å². The molecule has 2 aromatic rings. The molecule has 21 heavy (non-hydrogen) atoms. The Hall–Kier alpha value is -1.94. The van der Waals surface area contributed by atoms with Crippen molar-refractivity contribution >= 4 is 28.9 Å². The topological polar surface area (TPSA) is 54.3 Å². The van der Waals surface area contributed by atoms with Gasteiger partial charge in [-0.05, 0) is 45.0 Å². The molecule has 0 radical (unpaired) electrons. The van der Waals surface area contributed by atoms with E-state index >= 15 is 0 Å². The molecular weight excluding hydrogens is 288 g/mol. The molecule has 1 heterocycles. The van der Waals surface area contributed by atoms with Gasteiger partial charge in [-0.15, -0.1) is 0 Å². The molecule has 0 fully saturated rings. The highest BCUT2D eigenvalue weighted by atomic mass is 35.5. The molecule has 1 amide bonds. The molecular formula is C16H19ClN2O2. The van der Waals surface area contributed by atoms with Gasteiger partial charge in [-0.25, -0.2) is 0 Å². The van der Waals surface area contributed by atoms with Crippen molar-refractivity contribution < 1.29 is 9.21 Å². The van der Waals surface area contributed by atoms with E-state index in [0.717, 1.165) is 22.8 Å². The average molecular weight is 307 g/mol. The van der Waals surface area contributed by atoms with Crippen LogP contribution in [0.2, 0.25) is 5.02 Å². The zero-order valence-electron chi connectivity index (χ0n) is 12.6. The van der Waals surface area contributed by atoms with E-state index in [4.69, 9.17) is 16.0 Å². The number of hydrogen-bond acceptors (Lipinski definition) is 3. The van der Waals surface area contributed by atoms with Gasteiger partial charge in [0.05, 0.1) is 16.8 Å². The molecule has 1 aromatic carbocycles. The number of nitrogens with one attached hydrogen (secondary N) is 2. The van der Waals surface area contributed by atoms with Gasteiger partial charge in [-0.3, -0.25) is 4.79 Å². The SMILES string of the molecule is CC(=O)Nc1ccc(NC(C)c2cc(C)oc2C)cc1Cl. The third-order valence-electron chi connectivity index (χ3n) is 3.21. The van der Waals surface area contributed by atoms with E-state index in [0.29, 0.717) is 10.7 Å². The lowest BCUT2D eigenvalue weighted by Gasteiger charge is -2.16. The normalized spacial score (nSPS) is 12.0. The summed E-state index contributed by atoms with van der Waals surface area (Å²) in [4.78, 5) is 11.1. The van der Waals surface area contributed by atoms with Crippen molar-refractivity contribution in [3.05, 3.63) is 46.4 Å². The molecule has 0 saturated carbocycles. The Kier molecular flexibility index (Phi) is 4.58. The first kappa shape index (κ1) is 15.4. The smallest absolute Gasteiger partial charge is 0.221 e. The van der Waals surface area contributed by atoms with Crippen LogP contribution >= 0.6 is 11.6 Å². The van der Waals surface area contributed by atoms with Gasteiger partial charge in [-0.1, -0.05) is 11.6 Å². The summed E-state index contributed by atoms with van der Waals surface area (Å²) < 4.78 is 5.55. The summed E-state index contributed by atoms with van der Waals surface area (Å²) in [5.41, 5.74) is 2.62. The predicted octanol–water partition coefficient (Wildman–Crippen LogP) is 4.68. The fraction of sp³-hybridized carbons (Fsp3) is 0.312. The van der Waals surface area contributed by atoms with Crippen molar-refractivity contribution in [2.24, 2.45) is 0 Å². The van der Waals surface area contributed by atoms with E-state index in [-0.39, 0.29) is 11.9 Å². The van der Waals surface area contributed by atoms with E-state index in [9.17, 15) is 4.79 Å². The van der Waals surface area contributed by atoms with Crippen LogP contribution in [-0.2, 0) is 4.79 Å². The second-order valence-corrected chi connectivity index (χ2v) is 5.52. The molecule has 0 aliphatic heterocycles. The molecule has 1 aromatic heterocycles. The van der Waals surface area contributed by atoms with E-state index in [1.807, 2.05) is 26.0 Å². The average Bonchev–Trinajstić information content (AvgIpc) is 2.71. The van der Waals surface area contributed by atoms with Crippen molar-refractivity contribution in [2.75, 3.05) is 10.6 Å². The maximum Gasteiger partial charge on any atom is 0.221 e. The molecule has 2 rings (SSSR count). The van der Waals surface area contributed by atoms with Crippen LogP contribution in [-0.4, -0.2) is 5.91 Å². The summed E-state index contributed by atoms with van der Waals surface area (Å²) in [6, 6.07) is 7.60. The Morgan fingerprint density at radius 3 is 2.52 bits per heavy atom.